The Bertz CT molecular complexity index is 964. The average Bonchev–Trinajstić information content (AvgIpc) is 3.03. The SMILES string of the molecule is O=S(=O)(NCc1cn2c(n1)CCCC2)c1cccc2ccccc12. The number of nitrogens with one attached hydrogen (secondary N) is 1. The van der Waals surface area contributed by atoms with Crippen LogP contribution in [0.15, 0.2) is 53.6 Å². The maximum absolute atomic E-state index is 12.7. The van der Waals surface area contributed by atoms with Crippen LogP contribution in [-0.4, -0.2) is 18.0 Å². The second kappa shape index (κ2) is 6.03. The minimum absolute atomic E-state index is 0.214. The number of hydrogen-bond acceptors (Lipinski definition) is 3. The van der Waals surface area contributed by atoms with E-state index < -0.39 is 10.0 Å². The van der Waals surface area contributed by atoms with Gasteiger partial charge in [-0.3, -0.25) is 0 Å². The van der Waals surface area contributed by atoms with E-state index in [1.165, 1.54) is 0 Å². The van der Waals surface area contributed by atoms with Gasteiger partial charge in [0.1, 0.15) is 5.82 Å². The Balaban J connectivity index is 1.60. The molecule has 1 N–H and O–H groups in total. The van der Waals surface area contributed by atoms with Crippen molar-refractivity contribution in [3.8, 4) is 0 Å². The minimum Gasteiger partial charge on any atom is -0.335 e. The molecule has 24 heavy (non-hydrogen) atoms. The van der Waals surface area contributed by atoms with Crippen LogP contribution in [0.1, 0.15) is 24.4 Å². The van der Waals surface area contributed by atoms with E-state index in [2.05, 4.69) is 14.3 Å². The highest BCUT2D eigenvalue weighted by Crippen LogP contribution is 2.23. The minimum atomic E-state index is -3.59. The van der Waals surface area contributed by atoms with E-state index in [9.17, 15) is 8.42 Å². The van der Waals surface area contributed by atoms with Gasteiger partial charge in [-0.05, 0) is 24.3 Å². The van der Waals surface area contributed by atoms with E-state index in [1.807, 2.05) is 36.5 Å². The lowest BCUT2D eigenvalue weighted by Crippen LogP contribution is -2.23. The molecule has 6 heteroatoms. The Hall–Kier alpha value is -2.18. The van der Waals surface area contributed by atoms with Crippen molar-refractivity contribution < 1.29 is 8.42 Å². The molecule has 3 aromatic rings. The summed E-state index contributed by atoms with van der Waals surface area (Å²) in [6.07, 6.45) is 5.24. The van der Waals surface area contributed by atoms with E-state index in [1.54, 1.807) is 12.1 Å². The maximum atomic E-state index is 12.7. The van der Waals surface area contributed by atoms with E-state index in [-0.39, 0.29) is 6.54 Å². The van der Waals surface area contributed by atoms with Gasteiger partial charge in [-0.2, -0.15) is 0 Å². The van der Waals surface area contributed by atoms with Crippen molar-refractivity contribution in [2.45, 2.75) is 37.2 Å². The van der Waals surface area contributed by atoms with Crippen LogP contribution >= 0.6 is 0 Å². The smallest absolute Gasteiger partial charge is 0.241 e. The Labute approximate surface area is 141 Å². The molecule has 2 aromatic carbocycles. The molecule has 0 radical (unpaired) electrons. The number of fused-ring (bicyclic) bond motifs is 2. The zero-order valence-electron chi connectivity index (χ0n) is 13.3. The van der Waals surface area contributed by atoms with E-state index in [0.717, 1.165) is 48.1 Å². The summed E-state index contributed by atoms with van der Waals surface area (Å²) in [6, 6.07) is 12.8. The lowest BCUT2D eigenvalue weighted by Gasteiger charge is -2.11. The van der Waals surface area contributed by atoms with Crippen molar-refractivity contribution in [2.75, 3.05) is 0 Å². The number of imidazole rings is 1. The molecule has 0 unspecified atom stereocenters. The molecule has 0 saturated heterocycles. The molecule has 1 aliphatic rings. The standard InChI is InChI=1S/C18H19N3O2S/c22-24(23,17-9-5-7-14-6-1-2-8-16(14)17)19-12-15-13-21-11-4-3-10-18(21)20-15/h1-2,5-9,13,19H,3-4,10-12H2. The summed E-state index contributed by atoms with van der Waals surface area (Å²) >= 11 is 0. The Morgan fingerprint density at radius 2 is 1.92 bits per heavy atom. The molecule has 0 saturated carbocycles. The Morgan fingerprint density at radius 3 is 2.79 bits per heavy atom. The van der Waals surface area contributed by atoms with Crippen molar-refractivity contribution in [3.63, 3.8) is 0 Å². The van der Waals surface area contributed by atoms with E-state index in [4.69, 9.17) is 0 Å². The summed E-state index contributed by atoms with van der Waals surface area (Å²) in [5, 5.41) is 1.65. The van der Waals surface area contributed by atoms with Gasteiger partial charge >= 0.3 is 0 Å². The molecule has 124 valence electrons. The van der Waals surface area contributed by atoms with Gasteiger partial charge in [-0.15, -0.1) is 0 Å². The predicted molar refractivity (Wildman–Crippen MR) is 93.1 cm³/mol. The number of nitrogens with zero attached hydrogens (tertiary/aromatic N) is 2. The third-order valence-corrected chi connectivity index (χ3v) is 5.90. The normalized spacial score (nSPS) is 14.7. The fraction of sp³-hybridized carbons (Fsp3) is 0.278. The fourth-order valence-corrected chi connectivity index (χ4v) is 4.46. The number of sulfonamides is 1. The zero-order valence-corrected chi connectivity index (χ0v) is 14.1. The van der Waals surface area contributed by atoms with Gasteiger partial charge in [0.05, 0.1) is 17.1 Å². The summed E-state index contributed by atoms with van der Waals surface area (Å²) in [5.74, 6) is 1.06. The summed E-state index contributed by atoms with van der Waals surface area (Å²) in [7, 11) is -3.59. The first kappa shape index (κ1) is 15.4. The first-order valence-corrected chi connectivity index (χ1v) is 9.64. The van der Waals surface area contributed by atoms with Crippen LogP contribution in [-0.2, 0) is 29.5 Å². The molecular weight excluding hydrogens is 322 g/mol. The molecule has 2 heterocycles. The van der Waals surface area contributed by atoms with E-state index >= 15 is 0 Å². The molecule has 5 nitrogen and oxygen atoms in total. The van der Waals surface area contributed by atoms with Crippen LogP contribution in [0.3, 0.4) is 0 Å². The number of hydrogen-bond donors (Lipinski definition) is 1. The number of aromatic nitrogens is 2. The molecule has 0 aliphatic carbocycles. The van der Waals surface area contributed by atoms with Crippen molar-refractivity contribution in [1.82, 2.24) is 14.3 Å². The third kappa shape index (κ3) is 2.83. The van der Waals surface area contributed by atoms with Crippen LogP contribution in [0.4, 0.5) is 0 Å². The van der Waals surface area contributed by atoms with Crippen LogP contribution in [0, 0.1) is 0 Å². The molecule has 1 aromatic heterocycles. The Morgan fingerprint density at radius 1 is 1.08 bits per heavy atom. The third-order valence-electron chi connectivity index (χ3n) is 4.44. The average molecular weight is 341 g/mol. The van der Waals surface area contributed by atoms with Crippen LogP contribution in [0.2, 0.25) is 0 Å². The lowest BCUT2D eigenvalue weighted by molar-refractivity contribution is 0.522. The quantitative estimate of drug-likeness (QED) is 0.794. The molecule has 4 rings (SSSR count). The van der Waals surface area contributed by atoms with Gasteiger partial charge < -0.3 is 4.57 Å². The maximum Gasteiger partial charge on any atom is 0.241 e. The van der Waals surface area contributed by atoms with Crippen LogP contribution in [0.25, 0.3) is 10.8 Å². The number of benzene rings is 2. The fourth-order valence-electron chi connectivity index (χ4n) is 3.23. The van der Waals surface area contributed by atoms with Crippen molar-refractivity contribution in [3.05, 3.63) is 60.2 Å². The van der Waals surface area contributed by atoms with Crippen molar-refractivity contribution in [2.24, 2.45) is 0 Å². The van der Waals surface area contributed by atoms with Gasteiger partial charge in [-0.25, -0.2) is 18.1 Å². The number of rotatable bonds is 4. The second-order valence-electron chi connectivity index (χ2n) is 6.10. The largest absolute Gasteiger partial charge is 0.335 e. The van der Waals surface area contributed by atoms with Gasteiger partial charge in [0.25, 0.3) is 0 Å². The monoisotopic (exact) mass is 341 g/mol. The lowest BCUT2D eigenvalue weighted by atomic mass is 10.1. The van der Waals surface area contributed by atoms with Crippen molar-refractivity contribution >= 4 is 20.8 Å². The van der Waals surface area contributed by atoms with Crippen molar-refractivity contribution in [1.29, 1.82) is 0 Å². The molecule has 0 bridgehead atoms. The highest BCUT2D eigenvalue weighted by molar-refractivity contribution is 7.89. The highest BCUT2D eigenvalue weighted by Gasteiger charge is 2.18. The summed E-state index contributed by atoms with van der Waals surface area (Å²) in [5.41, 5.74) is 0.774. The molecular formula is C18H19N3O2S. The first-order valence-electron chi connectivity index (χ1n) is 8.16. The molecule has 0 atom stereocenters. The summed E-state index contributed by atoms with van der Waals surface area (Å²) in [6.45, 7) is 1.18. The highest BCUT2D eigenvalue weighted by atomic mass is 32.2. The van der Waals surface area contributed by atoms with Gasteiger partial charge in [0.15, 0.2) is 0 Å². The van der Waals surface area contributed by atoms with E-state index in [0.29, 0.717) is 4.90 Å². The topological polar surface area (TPSA) is 64.0 Å². The van der Waals surface area contributed by atoms with Crippen LogP contribution in [0.5, 0.6) is 0 Å². The molecule has 1 aliphatic heterocycles. The summed E-state index contributed by atoms with van der Waals surface area (Å²) in [4.78, 5) is 4.86. The Kier molecular flexibility index (Phi) is 3.86. The molecule has 0 amide bonds. The van der Waals surface area contributed by atoms with Gasteiger partial charge in [-0.1, -0.05) is 36.4 Å². The first-order chi connectivity index (χ1) is 11.6. The van der Waals surface area contributed by atoms with Gasteiger partial charge in [0, 0.05) is 24.5 Å². The zero-order chi connectivity index (χ0) is 16.6. The molecule has 0 fully saturated rings. The number of aryl methyl sites for hydroxylation is 2. The van der Waals surface area contributed by atoms with Crippen LogP contribution < -0.4 is 4.72 Å². The van der Waals surface area contributed by atoms with Gasteiger partial charge in [0.2, 0.25) is 10.0 Å². The second-order valence-corrected chi connectivity index (χ2v) is 7.84. The molecule has 0 spiro atoms. The predicted octanol–water partition coefficient (Wildman–Crippen LogP) is 2.85. The summed E-state index contributed by atoms with van der Waals surface area (Å²) < 4.78 is 30.3.